The fourth-order valence-electron chi connectivity index (χ4n) is 2.78. The van der Waals surface area contributed by atoms with E-state index in [1.165, 1.54) is 12.1 Å². The van der Waals surface area contributed by atoms with E-state index < -0.39 is 16.9 Å². The Bertz CT molecular complexity index is 1130. The van der Waals surface area contributed by atoms with Crippen molar-refractivity contribution in [3.8, 4) is 11.5 Å². The third-order valence-electron chi connectivity index (χ3n) is 4.36. The third-order valence-corrected chi connectivity index (χ3v) is 5.18. The summed E-state index contributed by atoms with van der Waals surface area (Å²) in [7, 11) is 0. The molecule has 30 heavy (non-hydrogen) atoms. The van der Waals surface area contributed by atoms with E-state index in [1.807, 2.05) is 30.3 Å². The first kappa shape index (κ1) is 21.3. The van der Waals surface area contributed by atoms with E-state index in [2.05, 4.69) is 26.5 Å². The molecule has 3 aromatic rings. The van der Waals surface area contributed by atoms with Gasteiger partial charge >= 0.3 is 0 Å². The van der Waals surface area contributed by atoms with E-state index in [0.29, 0.717) is 12.2 Å². The van der Waals surface area contributed by atoms with Crippen LogP contribution in [-0.2, 0) is 4.79 Å². The lowest BCUT2D eigenvalue weighted by atomic mass is 10.1. The zero-order valence-electron chi connectivity index (χ0n) is 15.9. The predicted molar refractivity (Wildman–Crippen MR) is 117 cm³/mol. The summed E-state index contributed by atoms with van der Waals surface area (Å²) in [6.07, 6.45) is 0.722. The topological polar surface area (TPSA) is 114 Å². The summed E-state index contributed by atoms with van der Waals surface area (Å²) in [5.41, 5.74) is 2.25. The van der Waals surface area contributed by atoms with Crippen LogP contribution in [0.3, 0.4) is 0 Å². The molecule has 1 unspecified atom stereocenters. The van der Waals surface area contributed by atoms with Crippen molar-refractivity contribution in [3.63, 3.8) is 0 Å². The highest BCUT2D eigenvalue weighted by Gasteiger charge is 2.20. The number of nitrogens with zero attached hydrogens (tertiary/aromatic N) is 2. The molecule has 0 aliphatic rings. The van der Waals surface area contributed by atoms with Crippen molar-refractivity contribution in [2.75, 3.05) is 0 Å². The van der Waals surface area contributed by atoms with Crippen LogP contribution in [0.15, 0.2) is 64.2 Å². The highest BCUT2D eigenvalue weighted by atomic mass is 79.9. The number of carbonyl (C=O) groups is 1. The second-order valence-corrected chi connectivity index (χ2v) is 7.14. The SMILES string of the molecule is CCC(Oc1ccc2ccccc2c1Br)C(=O)NN=Cc1cc([N+](=O)[O-])ccc1O. The van der Waals surface area contributed by atoms with Crippen molar-refractivity contribution in [1.82, 2.24) is 5.43 Å². The highest BCUT2D eigenvalue weighted by Crippen LogP contribution is 2.33. The van der Waals surface area contributed by atoms with E-state index in [1.54, 1.807) is 13.0 Å². The Hall–Kier alpha value is -3.46. The molecule has 0 fully saturated rings. The number of amides is 1. The molecular weight excluding hydrogens is 454 g/mol. The van der Waals surface area contributed by atoms with Crippen LogP contribution in [0, 0.1) is 10.1 Å². The lowest BCUT2D eigenvalue weighted by Crippen LogP contribution is -2.35. The molecule has 3 rings (SSSR count). The Balaban J connectivity index is 1.71. The zero-order valence-corrected chi connectivity index (χ0v) is 17.5. The van der Waals surface area contributed by atoms with Crippen LogP contribution in [0.4, 0.5) is 5.69 Å². The van der Waals surface area contributed by atoms with Gasteiger partial charge in [-0.25, -0.2) is 5.43 Å². The minimum atomic E-state index is -0.807. The highest BCUT2D eigenvalue weighted by molar-refractivity contribution is 9.10. The molecule has 0 spiro atoms. The Labute approximate surface area is 180 Å². The van der Waals surface area contributed by atoms with Gasteiger partial charge in [-0.1, -0.05) is 37.3 Å². The number of ether oxygens (including phenoxy) is 1. The molecule has 154 valence electrons. The molecular formula is C21H18BrN3O5. The number of hydrazone groups is 1. The molecule has 1 atom stereocenters. The maximum Gasteiger partial charge on any atom is 0.281 e. The molecule has 0 saturated carbocycles. The second-order valence-electron chi connectivity index (χ2n) is 6.35. The minimum absolute atomic E-state index is 0.107. The molecule has 0 aromatic heterocycles. The number of phenolic OH excluding ortho intramolecular Hbond substituents is 1. The quantitative estimate of drug-likeness (QED) is 0.298. The molecule has 0 radical (unpaired) electrons. The number of nitrogens with one attached hydrogen (secondary N) is 1. The van der Waals surface area contributed by atoms with Crippen molar-refractivity contribution < 1.29 is 19.6 Å². The van der Waals surface area contributed by atoms with Crippen LogP contribution in [0.25, 0.3) is 10.8 Å². The van der Waals surface area contributed by atoms with Crippen LogP contribution in [0.2, 0.25) is 0 Å². The van der Waals surface area contributed by atoms with Gasteiger partial charge in [0.1, 0.15) is 11.5 Å². The smallest absolute Gasteiger partial charge is 0.281 e. The van der Waals surface area contributed by atoms with Crippen LogP contribution >= 0.6 is 15.9 Å². The number of aromatic hydroxyl groups is 1. The fraction of sp³-hybridized carbons (Fsp3) is 0.143. The van der Waals surface area contributed by atoms with Crippen molar-refractivity contribution in [2.24, 2.45) is 5.10 Å². The minimum Gasteiger partial charge on any atom is -0.507 e. The van der Waals surface area contributed by atoms with Crippen LogP contribution in [0.5, 0.6) is 11.5 Å². The molecule has 2 N–H and O–H groups in total. The Kier molecular flexibility index (Phi) is 6.63. The number of halogens is 1. The van der Waals surface area contributed by atoms with Crippen LogP contribution in [-0.4, -0.2) is 28.3 Å². The van der Waals surface area contributed by atoms with Crippen molar-refractivity contribution in [1.29, 1.82) is 0 Å². The lowest BCUT2D eigenvalue weighted by molar-refractivity contribution is -0.384. The number of rotatable bonds is 7. The second kappa shape index (κ2) is 9.36. The van der Waals surface area contributed by atoms with E-state index in [9.17, 15) is 20.0 Å². The number of hydrogen-bond acceptors (Lipinski definition) is 6. The lowest BCUT2D eigenvalue weighted by Gasteiger charge is -2.17. The van der Waals surface area contributed by atoms with Gasteiger partial charge in [-0.3, -0.25) is 14.9 Å². The summed E-state index contributed by atoms with van der Waals surface area (Å²) >= 11 is 3.53. The van der Waals surface area contributed by atoms with Crippen molar-refractivity contribution >= 4 is 44.5 Å². The first-order valence-corrected chi connectivity index (χ1v) is 9.84. The van der Waals surface area contributed by atoms with E-state index in [-0.39, 0.29) is 17.0 Å². The summed E-state index contributed by atoms with van der Waals surface area (Å²) in [6, 6.07) is 15.0. The zero-order chi connectivity index (χ0) is 21.7. The maximum absolute atomic E-state index is 12.5. The molecule has 1 amide bonds. The molecule has 0 aliphatic carbocycles. The van der Waals surface area contributed by atoms with E-state index in [4.69, 9.17) is 4.74 Å². The van der Waals surface area contributed by atoms with Gasteiger partial charge in [0.15, 0.2) is 6.10 Å². The van der Waals surface area contributed by atoms with Gasteiger partial charge in [0.25, 0.3) is 11.6 Å². The van der Waals surface area contributed by atoms with Gasteiger partial charge in [-0.15, -0.1) is 0 Å². The average molecular weight is 472 g/mol. The number of benzene rings is 3. The van der Waals surface area contributed by atoms with Gasteiger partial charge in [0.2, 0.25) is 0 Å². The van der Waals surface area contributed by atoms with E-state index >= 15 is 0 Å². The Morgan fingerprint density at radius 2 is 2.07 bits per heavy atom. The van der Waals surface area contributed by atoms with Gasteiger partial charge < -0.3 is 9.84 Å². The first-order chi connectivity index (χ1) is 14.4. The summed E-state index contributed by atoms with van der Waals surface area (Å²) in [6.45, 7) is 1.80. The molecule has 8 nitrogen and oxygen atoms in total. The van der Waals surface area contributed by atoms with Crippen molar-refractivity contribution in [2.45, 2.75) is 19.4 Å². The monoisotopic (exact) mass is 471 g/mol. The van der Waals surface area contributed by atoms with Gasteiger partial charge in [0.05, 0.1) is 15.6 Å². The van der Waals surface area contributed by atoms with Gasteiger partial charge in [-0.05, 0) is 45.3 Å². The number of hydrogen-bond donors (Lipinski definition) is 2. The fourth-order valence-corrected chi connectivity index (χ4v) is 3.36. The number of phenols is 1. The van der Waals surface area contributed by atoms with Gasteiger partial charge in [-0.2, -0.15) is 5.10 Å². The van der Waals surface area contributed by atoms with E-state index in [0.717, 1.165) is 27.5 Å². The molecule has 0 bridgehead atoms. The summed E-state index contributed by atoms with van der Waals surface area (Å²) < 4.78 is 6.62. The molecule has 9 heteroatoms. The number of carbonyl (C=O) groups excluding carboxylic acids is 1. The Morgan fingerprint density at radius 1 is 1.30 bits per heavy atom. The van der Waals surface area contributed by atoms with Crippen LogP contribution < -0.4 is 10.2 Å². The number of nitro groups is 1. The maximum atomic E-state index is 12.5. The third kappa shape index (κ3) is 4.74. The van der Waals surface area contributed by atoms with Crippen LogP contribution in [0.1, 0.15) is 18.9 Å². The number of non-ortho nitro benzene ring substituents is 1. The Morgan fingerprint density at radius 3 is 2.80 bits per heavy atom. The largest absolute Gasteiger partial charge is 0.507 e. The standard InChI is InChI=1S/C21H18BrN3O5/c1-2-18(30-19-10-7-13-5-3-4-6-16(13)20(19)22)21(27)24-23-12-14-11-15(25(28)29)8-9-17(14)26/h3-12,18,26H,2H2,1H3,(H,24,27). The van der Waals surface area contributed by atoms with Gasteiger partial charge in [0, 0.05) is 17.7 Å². The number of nitro benzene ring substituents is 1. The predicted octanol–water partition coefficient (Wildman–Crippen LogP) is 4.52. The first-order valence-electron chi connectivity index (χ1n) is 9.05. The molecule has 3 aromatic carbocycles. The normalized spacial score (nSPS) is 12.1. The average Bonchev–Trinajstić information content (AvgIpc) is 2.74. The van der Waals surface area contributed by atoms with Crippen molar-refractivity contribution in [3.05, 3.63) is 74.7 Å². The molecule has 0 saturated heterocycles. The number of fused-ring (bicyclic) bond motifs is 1. The summed E-state index contributed by atoms with van der Waals surface area (Å²) in [5.74, 6) is -0.156. The summed E-state index contributed by atoms with van der Waals surface area (Å²) in [5, 5.41) is 26.4. The summed E-state index contributed by atoms with van der Waals surface area (Å²) in [4.78, 5) is 22.7. The molecule has 0 heterocycles. The molecule has 0 aliphatic heterocycles.